The Morgan fingerprint density at radius 2 is 2.33 bits per heavy atom. The van der Waals surface area contributed by atoms with E-state index in [1.165, 1.54) is 11.3 Å². The van der Waals surface area contributed by atoms with Crippen LogP contribution in [0, 0.1) is 0 Å². The number of ether oxygens (including phenoxy) is 1. The van der Waals surface area contributed by atoms with Crippen LogP contribution in [-0.4, -0.2) is 16.1 Å². The number of hydrogen-bond donors (Lipinski definition) is 1. The molecule has 2 aromatic rings. The summed E-state index contributed by atoms with van der Waals surface area (Å²) in [4.78, 5) is 8.36. The van der Waals surface area contributed by atoms with Gasteiger partial charge >= 0.3 is 0 Å². The summed E-state index contributed by atoms with van der Waals surface area (Å²) < 4.78 is 5.64. The maximum Gasteiger partial charge on any atom is 0.218 e. The Kier molecular flexibility index (Phi) is 4.38. The highest BCUT2D eigenvalue weighted by Crippen LogP contribution is 2.21. The maximum absolute atomic E-state index is 5.76. The van der Waals surface area contributed by atoms with E-state index in [-0.39, 0.29) is 6.10 Å². The monoisotopic (exact) mass is 283 g/mol. The third-order valence-electron chi connectivity index (χ3n) is 2.10. The highest BCUT2D eigenvalue weighted by molar-refractivity contribution is 7.14. The van der Waals surface area contributed by atoms with Gasteiger partial charge in [-0.15, -0.1) is 11.3 Å². The average Bonchev–Trinajstić information content (AvgIpc) is 2.73. The molecule has 2 heterocycles. The summed E-state index contributed by atoms with van der Waals surface area (Å²) in [5.74, 6) is 0.655. The summed E-state index contributed by atoms with van der Waals surface area (Å²) >= 11 is 7.24. The molecule has 0 aliphatic rings. The first-order valence-corrected chi connectivity index (χ1v) is 6.86. The summed E-state index contributed by atoms with van der Waals surface area (Å²) in [6.07, 6.45) is 1.83. The van der Waals surface area contributed by atoms with Crippen LogP contribution in [-0.2, 0) is 6.54 Å². The van der Waals surface area contributed by atoms with Crippen LogP contribution in [0.3, 0.4) is 0 Å². The molecule has 0 aliphatic heterocycles. The van der Waals surface area contributed by atoms with E-state index >= 15 is 0 Å². The van der Waals surface area contributed by atoms with E-state index in [2.05, 4.69) is 15.3 Å². The van der Waals surface area contributed by atoms with E-state index < -0.39 is 0 Å². The van der Waals surface area contributed by atoms with Gasteiger partial charge in [-0.1, -0.05) is 17.7 Å². The standard InChI is InChI=1S/C12H14ClN3OS/c1-8(2)17-11-9(4-3-5-14-11)6-15-12-16-10(13)7-18-12/h3-5,7-8H,6H2,1-2H3,(H,15,16). The Balaban J connectivity index is 2.04. The molecule has 0 radical (unpaired) electrons. The van der Waals surface area contributed by atoms with Gasteiger partial charge < -0.3 is 10.1 Å². The molecule has 0 saturated carbocycles. The van der Waals surface area contributed by atoms with E-state index in [0.717, 1.165) is 10.7 Å². The van der Waals surface area contributed by atoms with Gasteiger partial charge in [0.2, 0.25) is 5.88 Å². The van der Waals surface area contributed by atoms with Crippen molar-refractivity contribution < 1.29 is 4.74 Å². The minimum Gasteiger partial charge on any atom is -0.475 e. The third-order valence-corrected chi connectivity index (χ3v) is 3.23. The van der Waals surface area contributed by atoms with Crippen molar-refractivity contribution in [3.05, 3.63) is 34.4 Å². The van der Waals surface area contributed by atoms with E-state index in [0.29, 0.717) is 17.6 Å². The molecule has 0 spiro atoms. The molecule has 0 amide bonds. The van der Waals surface area contributed by atoms with Crippen molar-refractivity contribution in [1.82, 2.24) is 9.97 Å². The second kappa shape index (κ2) is 6.02. The Labute approximate surface area is 115 Å². The predicted molar refractivity (Wildman–Crippen MR) is 74.5 cm³/mol. The van der Waals surface area contributed by atoms with Gasteiger partial charge in [-0.2, -0.15) is 0 Å². The molecule has 0 aromatic carbocycles. The van der Waals surface area contributed by atoms with E-state index in [1.54, 1.807) is 11.6 Å². The van der Waals surface area contributed by atoms with Gasteiger partial charge in [0.15, 0.2) is 5.13 Å². The van der Waals surface area contributed by atoms with Crippen LogP contribution in [0.4, 0.5) is 5.13 Å². The van der Waals surface area contributed by atoms with Crippen molar-refractivity contribution in [3.63, 3.8) is 0 Å². The van der Waals surface area contributed by atoms with Crippen LogP contribution in [0.2, 0.25) is 5.15 Å². The van der Waals surface area contributed by atoms with Crippen LogP contribution in [0.1, 0.15) is 19.4 Å². The second-order valence-electron chi connectivity index (χ2n) is 3.96. The molecular weight excluding hydrogens is 270 g/mol. The zero-order chi connectivity index (χ0) is 13.0. The van der Waals surface area contributed by atoms with Crippen molar-refractivity contribution in [2.24, 2.45) is 0 Å². The van der Waals surface area contributed by atoms with Crippen molar-refractivity contribution in [2.75, 3.05) is 5.32 Å². The van der Waals surface area contributed by atoms with Crippen LogP contribution in [0.5, 0.6) is 5.88 Å². The maximum atomic E-state index is 5.76. The lowest BCUT2D eigenvalue weighted by Gasteiger charge is -2.12. The van der Waals surface area contributed by atoms with Crippen molar-refractivity contribution >= 4 is 28.1 Å². The SMILES string of the molecule is CC(C)Oc1ncccc1CNc1nc(Cl)cs1. The Hall–Kier alpha value is -1.33. The molecule has 0 bridgehead atoms. The topological polar surface area (TPSA) is 47.0 Å². The first-order valence-electron chi connectivity index (χ1n) is 5.60. The van der Waals surface area contributed by atoms with Crippen molar-refractivity contribution in [3.8, 4) is 5.88 Å². The number of halogens is 1. The summed E-state index contributed by atoms with van der Waals surface area (Å²) in [5.41, 5.74) is 0.998. The molecule has 18 heavy (non-hydrogen) atoms. The number of anilines is 1. The highest BCUT2D eigenvalue weighted by atomic mass is 35.5. The van der Waals surface area contributed by atoms with E-state index in [1.807, 2.05) is 26.0 Å². The largest absolute Gasteiger partial charge is 0.475 e. The summed E-state index contributed by atoms with van der Waals surface area (Å²) in [6.45, 7) is 4.57. The average molecular weight is 284 g/mol. The van der Waals surface area contributed by atoms with Crippen LogP contribution >= 0.6 is 22.9 Å². The first-order chi connectivity index (χ1) is 8.65. The minimum atomic E-state index is 0.105. The molecule has 0 unspecified atom stereocenters. The normalized spacial score (nSPS) is 10.7. The summed E-state index contributed by atoms with van der Waals surface area (Å²) in [6, 6.07) is 3.87. The molecule has 1 N–H and O–H groups in total. The summed E-state index contributed by atoms with van der Waals surface area (Å²) in [5, 5.41) is 6.29. The van der Waals surface area contributed by atoms with Crippen molar-refractivity contribution in [2.45, 2.75) is 26.5 Å². The fourth-order valence-corrected chi connectivity index (χ4v) is 2.23. The fourth-order valence-electron chi connectivity index (χ4n) is 1.39. The van der Waals surface area contributed by atoms with Crippen LogP contribution in [0.15, 0.2) is 23.7 Å². The molecule has 2 aromatic heterocycles. The highest BCUT2D eigenvalue weighted by Gasteiger charge is 2.07. The van der Waals surface area contributed by atoms with E-state index in [4.69, 9.17) is 16.3 Å². The first kappa shape index (κ1) is 13.1. The predicted octanol–water partition coefficient (Wildman–Crippen LogP) is 3.59. The Morgan fingerprint density at radius 1 is 1.50 bits per heavy atom. The number of aromatic nitrogens is 2. The summed E-state index contributed by atoms with van der Waals surface area (Å²) in [7, 11) is 0. The zero-order valence-corrected chi connectivity index (χ0v) is 11.8. The smallest absolute Gasteiger partial charge is 0.218 e. The minimum absolute atomic E-state index is 0.105. The van der Waals surface area contributed by atoms with Gasteiger partial charge in [-0.3, -0.25) is 0 Å². The molecule has 96 valence electrons. The quantitative estimate of drug-likeness (QED) is 0.911. The lowest BCUT2D eigenvalue weighted by Crippen LogP contribution is -2.10. The molecule has 0 atom stereocenters. The zero-order valence-electron chi connectivity index (χ0n) is 10.2. The van der Waals surface area contributed by atoms with Crippen LogP contribution in [0.25, 0.3) is 0 Å². The number of pyridine rings is 1. The molecular formula is C12H14ClN3OS. The number of hydrogen-bond acceptors (Lipinski definition) is 5. The molecule has 6 heteroatoms. The molecule has 4 nitrogen and oxygen atoms in total. The van der Waals surface area contributed by atoms with Gasteiger partial charge in [-0.25, -0.2) is 9.97 Å². The molecule has 0 saturated heterocycles. The Bertz CT molecular complexity index is 516. The fraction of sp³-hybridized carbons (Fsp3) is 0.333. The molecule has 0 fully saturated rings. The number of nitrogens with one attached hydrogen (secondary N) is 1. The Morgan fingerprint density at radius 3 is 3.00 bits per heavy atom. The van der Waals surface area contributed by atoms with Gasteiger partial charge in [-0.05, 0) is 19.9 Å². The number of rotatable bonds is 5. The van der Waals surface area contributed by atoms with Crippen LogP contribution < -0.4 is 10.1 Å². The molecule has 0 aliphatic carbocycles. The van der Waals surface area contributed by atoms with E-state index in [9.17, 15) is 0 Å². The number of thiazole rings is 1. The van der Waals surface area contributed by atoms with Gasteiger partial charge in [0, 0.05) is 23.7 Å². The lowest BCUT2D eigenvalue weighted by atomic mass is 10.2. The molecule has 2 rings (SSSR count). The lowest BCUT2D eigenvalue weighted by molar-refractivity contribution is 0.230. The second-order valence-corrected chi connectivity index (χ2v) is 5.21. The number of nitrogens with zero attached hydrogens (tertiary/aromatic N) is 2. The van der Waals surface area contributed by atoms with Crippen molar-refractivity contribution in [1.29, 1.82) is 0 Å². The van der Waals surface area contributed by atoms with Gasteiger partial charge in [0.25, 0.3) is 0 Å². The third kappa shape index (κ3) is 3.58. The van der Waals surface area contributed by atoms with Gasteiger partial charge in [0.1, 0.15) is 5.15 Å². The van der Waals surface area contributed by atoms with Gasteiger partial charge in [0.05, 0.1) is 6.10 Å².